The van der Waals surface area contributed by atoms with Crippen LogP contribution in [0, 0.1) is 5.92 Å². The van der Waals surface area contributed by atoms with Crippen LogP contribution in [-0.4, -0.2) is 34.9 Å². The van der Waals surface area contributed by atoms with Gasteiger partial charge in [0.05, 0.1) is 5.69 Å². The molecular formula is C16H28Cl2N4OS. The molecule has 8 heteroatoms. The molecule has 2 fully saturated rings. The van der Waals surface area contributed by atoms with E-state index in [4.69, 9.17) is 5.73 Å². The minimum absolute atomic E-state index is 0. The third-order valence-electron chi connectivity index (χ3n) is 4.80. The van der Waals surface area contributed by atoms with Crippen LogP contribution in [0.2, 0.25) is 0 Å². The quantitative estimate of drug-likeness (QED) is 0.801. The van der Waals surface area contributed by atoms with E-state index in [1.54, 1.807) is 0 Å². The fourth-order valence-corrected chi connectivity index (χ4v) is 4.23. The molecule has 0 bridgehead atoms. The highest BCUT2D eigenvalue weighted by Gasteiger charge is 2.26. The van der Waals surface area contributed by atoms with E-state index in [2.05, 4.69) is 20.6 Å². The van der Waals surface area contributed by atoms with Crippen LogP contribution in [0.1, 0.15) is 50.6 Å². The van der Waals surface area contributed by atoms with Gasteiger partial charge in [0.1, 0.15) is 0 Å². The van der Waals surface area contributed by atoms with Crippen LogP contribution < -0.4 is 11.1 Å². The Morgan fingerprint density at radius 1 is 1.25 bits per heavy atom. The first-order valence-electron chi connectivity index (χ1n) is 8.43. The number of carbonyl (C=O) groups excluding carboxylic acids is 1. The van der Waals surface area contributed by atoms with Gasteiger partial charge in [0.2, 0.25) is 5.91 Å². The predicted octanol–water partition coefficient (Wildman–Crippen LogP) is 3.43. The van der Waals surface area contributed by atoms with Crippen LogP contribution in [-0.2, 0) is 11.3 Å². The summed E-state index contributed by atoms with van der Waals surface area (Å²) in [6.45, 7) is 3.23. The molecule has 1 aliphatic carbocycles. The number of amides is 1. The summed E-state index contributed by atoms with van der Waals surface area (Å²) in [7, 11) is 0. The molecule has 1 aliphatic heterocycles. The average molecular weight is 395 g/mol. The van der Waals surface area contributed by atoms with Crippen molar-refractivity contribution in [3.05, 3.63) is 11.1 Å². The second kappa shape index (κ2) is 10.6. The molecule has 2 aliphatic rings. The molecule has 2 heterocycles. The lowest BCUT2D eigenvalue weighted by Crippen LogP contribution is -2.29. The molecule has 5 nitrogen and oxygen atoms in total. The standard InChI is InChI=1S/C16H26N4OS.2ClH/c17-14-6-4-5-12(14)9-15(21)19-16-18-13(11-22-16)10-20-7-2-1-3-8-20;;/h11-12,14H,1-10,17H2,(H,18,19,21);2*1H/t12-,14+;;/m0../s1. The number of nitrogens with zero attached hydrogens (tertiary/aromatic N) is 2. The normalized spacial score (nSPS) is 24.0. The number of likely N-dealkylation sites (tertiary alicyclic amines) is 1. The predicted molar refractivity (Wildman–Crippen MR) is 104 cm³/mol. The molecule has 2 atom stereocenters. The van der Waals surface area contributed by atoms with E-state index in [1.165, 1.54) is 43.7 Å². The minimum Gasteiger partial charge on any atom is -0.327 e. The molecule has 0 radical (unpaired) electrons. The van der Waals surface area contributed by atoms with Gasteiger partial charge >= 0.3 is 0 Å². The number of aromatic nitrogens is 1. The third kappa shape index (κ3) is 6.15. The molecule has 1 aromatic heterocycles. The highest BCUT2D eigenvalue weighted by atomic mass is 35.5. The van der Waals surface area contributed by atoms with Crippen LogP contribution in [0.25, 0.3) is 0 Å². The van der Waals surface area contributed by atoms with Crippen molar-refractivity contribution in [2.24, 2.45) is 11.7 Å². The summed E-state index contributed by atoms with van der Waals surface area (Å²) in [5.74, 6) is 0.397. The minimum atomic E-state index is 0. The summed E-state index contributed by atoms with van der Waals surface area (Å²) < 4.78 is 0. The van der Waals surface area contributed by atoms with Gasteiger partial charge in [-0.25, -0.2) is 4.98 Å². The Kier molecular flexibility index (Phi) is 9.52. The number of hydrogen-bond acceptors (Lipinski definition) is 5. The molecule has 1 amide bonds. The molecule has 0 unspecified atom stereocenters. The number of nitrogens with two attached hydrogens (primary N) is 1. The van der Waals surface area contributed by atoms with Crippen molar-refractivity contribution in [2.75, 3.05) is 18.4 Å². The molecule has 24 heavy (non-hydrogen) atoms. The smallest absolute Gasteiger partial charge is 0.226 e. The molecule has 0 spiro atoms. The monoisotopic (exact) mass is 394 g/mol. The fourth-order valence-electron chi connectivity index (χ4n) is 3.51. The van der Waals surface area contributed by atoms with Gasteiger partial charge in [-0.15, -0.1) is 36.2 Å². The van der Waals surface area contributed by atoms with E-state index in [0.717, 1.165) is 36.6 Å². The average Bonchev–Trinajstić information content (AvgIpc) is 3.10. The van der Waals surface area contributed by atoms with Crippen LogP contribution in [0.4, 0.5) is 5.13 Å². The van der Waals surface area contributed by atoms with Gasteiger partial charge in [0.15, 0.2) is 5.13 Å². The van der Waals surface area contributed by atoms with Gasteiger partial charge in [-0.3, -0.25) is 9.69 Å². The lowest BCUT2D eigenvalue weighted by atomic mass is 10.00. The Morgan fingerprint density at radius 2 is 2.00 bits per heavy atom. The zero-order valence-corrected chi connectivity index (χ0v) is 16.4. The van der Waals surface area contributed by atoms with Gasteiger partial charge < -0.3 is 11.1 Å². The molecule has 1 saturated carbocycles. The number of thiazole rings is 1. The van der Waals surface area contributed by atoms with Gasteiger partial charge in [-0.1, -0.05) is 12.8 Å². The van der Waals surface area contributed by atoms with E-state index in [0.29, 0.717) is 12.3 Å². The molecule has 0 aromatic carbocycles. The highest BCUT2D eigenvalue weighted by Crippen LogP contribution is 2.27. The van der Waals surface area contributed by atoms with E-state index in [1.807, 2.05) is 0 Å². The van der Waals surface area contributed by atoms with Crippen LogP contribution in [0.5, 0.6) is 0 Å². The summed E-state index contributed by atoms with van der Waals surface area (Å²) in [6.07, 6.45) is 7.73. The van der Waals surface area contributed by atoms with Crippen molar-refractivity contribution in [2.45, 2.75) is 57.5 Å². The third-order valence-corrected chi connectivity index (χ3v) is 5.60. The number of halogens is 2. The maximum absolute atomic E-state index is 12.1. The van der Waals surface area contributed by atoms with Crippen molar-refractivity contribution in [1.82, 2.24) is 9.88 Å². The van der Waals surface area contributed by atoms with Gasteiger partial charge in [-0.05, 0) is 44.7 Å². The second-order valence-corrected chi connectivity index (χ2v) is 7.45. The second-order valence-electron chi connectivity index (χ2n) is 6.59. The summed E-state index contributed by atoms with van der Waals surface area (Å²) >= 11 is 1.52. The van der Waals surface area contributed by atoms with Crippen molar-refractivity contribution < 1.29 is 4.79 Å². The Balaban J connectivity index is 0.00000144. The summed E-state index contributed by atoms with van der Waals surface area (Å²) in [4.78, 5) is 19.1. The van der Waals surface area contributed by atoms with Gasteiger partial charge in [0.25, 0.3) is 0 Å². The van der Waals surface area contributed by atoms with Crippen molar-refractivity contribution in [1.29, 1.82) is 0 Å². The fraction of sp³-hybridized carbons (Fsp3) is 0.750. The molecule has 1 aromatic rings. The molecule has 138 valence electrons. The Labute approximate surface area is 160 Å². The first-order valence-corrected chi connectivity index (χ1v) is 9.31. The summed E-state index contributed by atoms with van der Waals surface area (Å²) in [5.41, 5.74) is 7.10. The van der Waals surface area contributed by atoms with E-state index in [9.17, 15) is 4.79 Å². The Bertz CT molecular complexity index is 508. The van der Waals surface area contributed by atoms with E-state index < -0.39 is 0 Å². The number of rotatable bonds is 5. The maximum atomic E-state index is 12.1. The number of piperidine rings is 1. The highest BCUT2D eigenvalue weighted by molar-refractivity contribution is 7.13. The maximum Gasteiger partial charge on any atom is 0.226 e. The zero-order valence-electron chi connectivity index (χ0n) is 13.9. The lowest BCUT2D eigenvalue weighted by molar-refractivity contribution is -0.117. The van der Waals surface area contributed by atoms with Crippen LogP contribution in [0.3, 0.4) is 0 Å². The molecular weight excluding hydrogens is 367 g/mol. The summed E-state index contributed by atoms with van der Waals surface area (Å²) in [6, 6.07) is 0.191. The first kappa shape index (κ1) is 21.6. The molecule has 3 rings (SSSR count). The topological polar surface area (TPSA) is 71.2 Å². The largest absolute Gasteiger partial charge is 0.327 e. The van der Waals surface area contributed by atoms with Crippen molar-refractivity contribution in [3.63, 3.8) is 0 Å². The lowest BCUT2D eigenvalue weighted by Gasteiger charge is -2.25. The zero-order chi connectivity index (χ0) is 15.4. The number of hydrogen-bond donors (Lipinski definition) is 2. The van der Waals surface area contributed by atoms with Crippen molar-refractivity contribution in [3.8, 4) is 0 Å². The summed E-state index contributed by atoms with van der Waals surface area (Å²) in [5, 5.41) is 5.73. The SMILES string of the molecule is Cl.Cl.N[C@@H]1CCC[C@H]1CC(=O)Nc1nc(CN2CCCCC2)cs1. The number of anilines is 1. The van der Waals surface area contributed by atoms with Crippen molar-refractivity contribution >= 4 is 47.2 Å². The molecule has 3 N–H and O–H groups in total. The van der Waals surface area contributed by atoms with Gasteiger partial charge in [-0.2, -0.15) is 0 Å². The van der Waals surface area contributed by atoms with E-state index >= 15 is 0 Å². The number of nitrogens with one attached hydrogen (secondary N) is 1. The Hall–Kier alpha value is -0.400. The van der Waals surface area contributed by atoms with E-state index in [-0.39, 0.29) is 36.8 Å². The Morgan fingerprint density at radius 3 is 2.67 bits per heavy atom. The molecule has 1 saturated heterocycles. The first-order chi connectivity index (χ1) is 10.7. The van der Waals surface area contributed by atoms with Crippen LogP contribution in [0.15, 0.2) is 5.38 Å². The van der Waals surface area contributed by atoms with Crippen LogP contribution >= 0.6 is 36.2 Å². The van der Waals surface area contributed by atoms with Gasteiger partial charge in [0, 0.05) is 24.4 Å². The number of carbonyl (C=O) groups is 1.